The summed E-state index contributed by atoms with van der Waals surface area (Å²) in [7, 11) is -3.84. The van der Waals surface area contributed by atoms with E-state index in [9.17, 15) is 18.5 Å². The molecule has 7 heteroatoms. The number of benzene rings is 2. The van der Waals surface area contributed by atoms with Gasteiger partial charge < -0.3 is 0 Å². The van der Waals surface area contributed by atoms with E-state index in [4.69, 9.17) is 0 Å². The maximum atomic E-state index is 12.5. The Bertz CT molecular complexity index is 801. The molecule has 0 aliphatic heterocycles. The van der Waals surface area contributed by atoms with Crippen molar-refractivity contribution in [3.63, 3.8) is 0 Å². The maximum Gasteiger partial charge on any atom is 0.241 e. The Hall–Kier alpha value is -2.25. The van der Waals surface area contributed by atoms with E-state index >= 15 is 0 Å². The molecule has 2 aromatic carbocycles. The molecule has 0 bridgehead atoms. The van der Waals surface area contributed by atoms with Crippen LogP contribution < -0.4 is 4.72 Å². The van der Waals surface area contributed by atoms with Gasteiger partial charge in [-0.25, -0.2) is 8.42 Å². The molecule has 2 rings (SSSR count). The Morgan fingerprint density at radius 1 is 1.09 bits per heavy atom. The first-order chi connectivity index (χ1) is 10.8. The first-order valence-electron chi connectivity index (χ1n) is 7.06. The molecule has 122 valence electrons. The van der Waals surface area contributed by atoms with E-state index in [0.29, 0.717) is 5.56 Å². The number of sulfonamides is 1. The smallest absolute Gasteiger partial charge is 0.241 e. The van der Waals surface area contributed by atoms with E-state index < -0.39 is 27.5 Å². The minimum Gasteiger partial charge on any atom is -0.264 e. The topological polar surface area (TPSA) is 89.3 Å². The zero-order valence-electron chi connectivity index (χ0n) is 12.9. The van der Waals surface area contributed by atoms with Crippen LogP contribution in [0.4, 0.5) is 0 Å². The lowest BCUT2D eigenvalue weighted by molar-refractivity contribution is -0.483. The summed E-state index contributed by atoms with van der Waals surface area (Å²) in [6, 6.07) is 12.4. The number of nitro groups is 1. The van der Waals surface area contributed by atoms with Crippen molar-refractivity contribution in [2.75, 3.05) is 6.54 Å². The van der Waals surface area contributed by atoms with E-state index in [1.165, 1.54) is 12.1 Å². The lowest BCUT2D eigenvalue weighted by atomic mass is 10.0. The van der Waals surface area contributed by atoms with Crippen LogP contribution in [0, 0.1) is 24.0 Å². The molecule has 0 saturated carbocycles. The molecule has 0 spiro atoms. The zero-order chi connectivity index (χ0) is 17.0. The normalized spacial score (nSPS) is 12.8. The molecule has 0 radical (unpaired) electrons. The SMILES string of the molecule is Cc1ccc(S(=O)(=O)NC(C[N+](=O)[O-])c2ccccc2C)cc1. The first kappa shape index (κ1) is 17.1. The molecular formula is C16H18N2O4S. The molecule has 23 heavy (non-hydrogen) atoms. The Morgan fingerprint density at radius 3 is 2.26 bits per heavy atom. The van der Waals surface area contributed by atoms with Crippen LogP contribution >= 0.6 is 0 Å². The molecule has 0 heterocycles. The Morgan fingerprint density at radius 2 is 1.70 bits per heavy atom. The van der Waals surface area contributed by atoms with Crippen LogP contribution in [0.25, 0.3) is 0 Å². The van der Waals surface area contributed by atoms with Gasteiger partial charge >= 0.3 is 0 Å². The Kier molecular flexibility index (Phi) is 5.12. The highest BCUT2D eigenvalue weighted by atomic mass is 32.2. The minimum absolute atomic E-state index is 0.0880. The van der Waals surface area contributed by atoms with Crippen molar-refractivity contribution in [3.8, 4) is 0 Å². The van der Waals surface area contributed by atoms with Crippen LogP contribution in [0.1, 0.15) is 22.7 Å². The van der Waals surface area contributed by atoms with Gasteiger partial charge in [-0.1, -0.05) is 42.0 Å². The molecule has 1 N–H and O–H groups in total. The van der Waals surface area contributed by atoms with Gasteiger partial charge in [0.25, 0.3) is 0 Å². The van der Waals surface area contributed by atoms with Crippen molar-refractivity contribution in [3.05, 3.63) is 75.3 Å². The zero-order valence-corrected chi connectivity index (χ0v) is 13.7. The van der Waals surface area contributed by atoms with Crippen molar-refractivity contribution >= 4 is 10.0 Å². The van der Waals surface area contributed by atoms with Gasteiger partial charge in [0.05, 0.1) is 4.90 Å². The quantitative estimate of drug-likeness (QED) is 0.649. The third-order valence-corrected chi connectivity index (χ3v) is 5.01. The summed E-state index contributed by atoms with van der Waals surface area (Å²) in [5.41, 5.74) is 2.33. The summed E-state index contributed by atoms with van der Waals surface area (Å²) in [5, 5.41) is 10.9. The molecule has 6 nitrogen and oxygen atoms in total. The standard InChI is InChI=1S/C16H18N2O4S/c1-12-7-9-14(10-8-12)23(21,22)17-16(11-18(19)20)15-6-4-3-5-13(15)2/h3-10,16-17H,11H2,1-2H3. The summed E-state index contributed by atoms with van der Waals surface area (Å²) < 4.78 is 27.4. The van der Waals surface area contributed by atoms with Gasteiger partial charge in [-0.2, -0.15) is 4.72 Å². The van der Waals surface area contributed by atoms with Gasteiger partial charge in [0, 0.05) is 4.92 Å². The molecule has 0 aliphatic rings. The van der Waals surface area contributed by atoms with Crippen molar-refractivity contribution in [1.29, 1.82) is 0 Å². The average Bonchev–Trinajstić information content (AvgIpc) is 2.46. The maximum absolute atomic E-state index is 12.5. The number of rotatable bonds is 6. The molecule has 0 aromatic heterocycles. The van der Waals surface area contributed by atoms with Crippen LogP contribution in [0.5, 0.6) is 0 Å². The second-order valence-electron chi connectivity index (χ2n) is 5.36. The fourth-order valence-electron chi connectivity index (χ4n) is 2.30. The summed E-state index contributed by atoms with van der Waals surface area (Å²) >= 11 is 0. The van der Waals surface area contributed by atoms with Gasteiger partial charge in [-0.15, -0.1) is 0 Å². The van der Waals surface area contributed by atoms with Crippen molar-refractivity contribution in [2.45, 2.75) is 24.8 Å². The van der Waals surface area contributed by atoms with Crippen LogP contribution in [0.3, 0.4) is 0 Å². The first-order valence-corrected chi connectivity index (χ1v) is 8.54. The van der Waals surface area contributed by atoms with Crippen molar-refractivity contribution < 1.29 is 13.3 Å². The van der Waals surface area contributed by atoms with Gasteiger partial charge in [-0.05, 0) is 37.1 Å². The Balaban J connectivity index is 2.36. The molecular weight excluding hydrogens is 316 g/mol. The van der Waals surface area contributed by atoms with Crippen LogP contribution in [-0.2, 0) is 10.0 Å². The number of hydrogen-bond donors (Lipinski definition) is 1. The van der Waals surface area contributed by atoms with E-state index in [1.807, 2.05) is 6.92 Å². The van der Waals surface area contributed by atoms with E-state index in [0.717, 1.165) is 11.1 Å². The predicted octanol–water partition coefficient (Wildman–Crippen LogP) is 2.60. The molecule has 0 saturated heterocycles. The summed E-state index contributed by atoms with van der Waals surface area (Å²) in [6.45, 7) is 3.13. The summed E-state index contributed by atoms with van der Waals surface area (Å²) in [5.74, 6) is 0. The van der Waals surface area contributed by atoms with Crippen LogP contribution in [0.15, 0.2) is 53.4 Å². The van der Waals surface area contributed by atoms with Crippen molar-refractivity contribution in [2.24, 2.45) is 0 Å². The molecule has 0 amide bonds. The minimum atomic E-state index is -3.84. The summed E-state index contributed by atoms with van der Waals surface area (Å²) in [4.78, 5) is 10.5. The van der Waals surface area contributed by atoms with Gasteiger partial charge in [-0.3, -0.25) is 10.1 Å². The number of nitrogens with zero attached hydrogens (tertiary/aromatic N) is 1. The van der Waals surface area contributed by atoms with E-state index in [-0.39, 0.29) is 4.90 Å². The highest BCUT2D eigenvalue weighted by Gasteiger charge is 2.26. The van der Waals surface area contributed by atoms with E-state index in [2.05, 4.69) is 4.72 Å². The largest absolute Gasteiger partial charge is 0.264 e. The molecule has 1 atom stereocenters. The van der Waals surface area contributed by atoms with Gasteiger partial charge in [0.2, 0.25) is 16.6 Å². The highest BCUT2D eigenvalue weighted by molar-refractivity contribution is 7.89. The molecule has 0 aliphatic carbocycles. The van der Waals surface area contributed by atoms with E-state index in [1.54, 1.807) is 43.3 Å². The lowest BCUT2D eigenvalue weighted by Crippen LogP contribution is -2.33. The van der Waals surface area contributed by atoms with Crippen molar-refractivity contribution in [1.82, 2.24) is 4.72 Å². The van der Waals surface area contributed by atoms with Crippen LogP contribution in [-0.4, -0.2) is 19.9 Å². The number of aryl methyl sites for hydroxylation is 2. The second kappa shape index (κ2) is 6.89. The average molecular weight is 334 g/mol. The Labute approximate surface area is 135 Å². The number of nitrogens with one attached hydrogen (secondary N) is 1. The van der Waals surface area contributed by atoms with Gasteiger partial charge in [0.15, 0.2) is 0 Å². The van der Waals surface area contributed by atoms with Crippen LogP contribution in [0.2, 0.25) is 0 Å². The molecule has 0 fully saturated rings. The molecule has 1 unspecified atom stereocenters. The fourth-order valence-corrected chi connectivity index (χ4v) is 3.51. The lowest BCUT2D eigenvalue weighted by Gasteiger charge is -2.17. The highest BCUT2D eigenvalue weighted by Crippen LogP contribution is 2.21. The molecule has 2 aromatic rings. The predicted molar refractivity (Wildman–Crippen MR) is 87.3 cm³/mol. The monoisotopic (exact) mass is 334 g/mol. The third-order valence-electron chi connectivity index (χ3n) is 3.52. The number of hydrogen-bond acceptors (Lipinski definition) is 4. The summed E-state index contributed by atoms with van der Waals surface area (Å²) in [6.07, 6.45) is 0. The second-order valence-corrected chi connectivity index (χ2v) is 7.07. The van der Waals surface area contributed by atoms with Gasteiger partial charge in [0.1, 0.15) is 6.04 Å². The third kappa shape index (κ3) is 4.37. The fraction of sp³-hybridized carbons (Fsp3) is 0.250.